The Morgan fingerprint density at radius 3 is 1.70 bits per heavy atom. The van der Waals surface area contributed by atoms with E-state index >= 15 is 0 Å². The van der Waals surface area contributed by atoms with E-state index in [1.54, 1.807) is 12.4 Å². The number of aromatic nitrogens is 4. The molecule has 0 radical (unpaired) electrons. The molecular formula is C38H24N4O. The van der Waals surface area contributed by atoms with E-state index in [9.17, 15) is 0 Å². The van der Waals surface area contributed by atoms with Gasteiger partial charge in [-0.1, -0.05) is 60.7 Å². The molecule has 0 unspecified atom stereocenters. The average molecular weight is 553 g/mol. The summed E-state index contributed by atoms with van der Waals surface area (Å²) in [5.74, 6) is 0.667. The highest BCUT2D eigenvalue weighted by Crippen LogP contribution is 2.36. The smallest absolute Gasteiger partial charge is 0.160 e. The number of nitrogens with zero attached hydrogens (tertiary/aromatic N) is 4. The SMILES string of the molecule is c1ccc(-c2nc(-c3cc(-c4cccnc4)cc(-c4cccnc4)c3)cc(-c3ccc4oc5ccccc5c4c3)n2)cc1. The first-order chi connectivity index (χ1) is 21.3. The molecule has 8 rings (SSSR count). The quantitative estimate of drug-likeness (QED) is 0.213. The molecule has 0 spiro atoms. The van der Waals surface area contributed by atoms with Gasteiger partial charge in [0.05, 0.1) is 11.4 Å². The summed E-state index contributed by atoms with van der Waals surface area (Å²) in [6.45, 7) is 0. The van der Waals surface area contributed by atoms with Crippen LogP contribution in [0.25, 0.3) is 78.1 Å². The van der Waals surface area contributed by atoms with E-state index in [2.05, 4.69) is 64.6 Å². The maximum absolute atomic E-state index is 6.10. The summed E-state index contributed by atoms with van der Waals surface area (Å²) in [6.07, 6.45) is 7.35. The third-order valence-electron chi connectivity index (χ3n) is 7.65. The molecule has 43 heavy (non-hydrogen) atoms. The lowest BCUT2D eigenvalue weighted by Crippen LogP contribution is -1.96. The molecule has 0 amide bonds. The van der Waals surface area contributed by atoms with Crippen molar-refractivity contribution in [2.24, 2.45) is 0 Å². The average Bonchev–Trinajstić information content (AvgIpc) is 3.47. The molecule has 0 fully saturated rings. The number of hydrogen-bond acceptors (Lipinski definition) is 5. The molecule has 0 aliphatic rings. The van der Waals surface area contributed by atoms with Crippen LogP contribution in [0.4, 0.5) is 0 Å². The number of furan rings is 1. The van der Waals surface area contributed by atoms with Gasteiger partial charge < -0.3 is 4.42 Å². The Kier molecular flexibility index (Phi) is 6.05. The lowest BCUT2D eigenvalue weighted by atomic mass is 9.95. The fourth-order valence-corrected chi connectivity index (χ4v) is 5.52. The Hall–Kier alpha value is -5.94. The van der Waals surface area contributed by atoms with Crippen molar-refractivity contribution in [2.75, 3.05) is 0 Å². The molecule has 202 valence electrons. The van der Waals surface area contributed by atoms with Gasteiger partial charge in [0, 0.05) is 63.4 Å². The van der Waals surface area contributed by atoms with Crippen LogP contribution in [0.3, 0.4) is 0 Å². The number of benzene rings is 4. The van der Waals surface area contributed by atoms with Crippen molar-refractivity contribution in [1.29, 1.82) is 0 Å². The van der Waals surface area contributed by atoms with E-state index in [1.165, 1.54) is 0 Å². The number of pyridine rings is 2. The summed E-state index contributed by atoms with van der Waals surface area (Å²) in [5, 5.41) is 2.15. The second kappa shape index (κ2) is 10.5. The number of fused-ring (bicyclic) bond motifs is 3. The van der Waals surface area contributed by atoms with E-state index in [1.807, 2.05) is 79.1 Å². The zero-order valence-corrected chi connectivity index (χ0v) is 23.1. The monoisotopic (exact) mass is 552 g/mol. The normalized spacial score (nSPS) is 11.3. The van der Waals surface area contributed by atoms with E-state index in [0.717, 1.165) is 72.3 Å². The third-order valence-corrected chi connectivity index (χ3v) is 7.65. The van der Waals surface area contributed by atoms with Gasteiger partial charge in [-0.25, -0.2) is 9.97 Å². The lowest BCUT2D eigenvalue weighted by molar-refractivity contribution is 0.669. The van der Waals surface area contributed by atoms with Crippen molar-refractivity contribution in [3.05, 3.63) is 146 Å². The first-order valence-corrected chi connectivity index (χ1v) is 14.1. The molecule has 0 saturated carbocycles. The number of rotatable bonds is 5. The standard InChI is InChI=1S/C38H24N4O/c1-2-8-25(9-3-1)38-41-34(26-14-15-37-33(21-26)32-12-4-5-13-36(32)43-37)22-35(42-38)31-19-29(27-10-6-16-39-23-27)18-30(20-31)28-11-7-17-40-24-28/h1-24H. The van der Waals surface area contributed by atoms with Crippen molar-refractivity contribution >= 4 is 21.9 Å². The van der Waals surface area contributed by atoms with Crippen molar-refractivity contribution < 1.29 is 4.42 Å². The molecule has 8 aromatic rings. The molecule has 0 saturated heterocycles. The van der Waals surface area contributed by atoms with Crippen molar-refractivity contribution in [3.8, 4) is 56.2 Å². The van der Waals surface area contributed by atoms with E-state index < -0.39 is 0 Å². The van der Waals surface area contributed by atoms with Gasteiger partial charge >= 0.3 is 0 Å². The predicted molar refractivity (Wildman–Crippen MR) is 172 cm³/mol. The van der Waals surface area contributed by atoms with Crippen LogP contribution in [0.1, 0.15) is 0 Å². The molecule has 0 bridgehead atoms. The maximum Gasteiger partial charge on any atom is 0.160 e. The summed E-state index contributed by atoms with van der Waals surface area (Å²) >= 11 is 0. The second-order valence-electron chi connectivity index (χ2n) is 10.4. The minimum atomic E-state index is 0.667. The number of hydrogen-bond donors (Lipinski definition) is 0. The van der Waals surface area contributed by atoms with Crippen LogP contribution in [0, 0.1) is 0 Å². The van der Waals surface area contributed by atoms with Crippen molar-refractivity contribution in [2.45, 2.75) is 0 Å². The van der Waals surface area contributed by atoms with Crippen LogP contribution < -0.4 is 0 Å². The molecular weight excluding hydrogens is 528 g/mol. The molecule has 5 nitrogen and oxygen atoms in total. The highest BCUT2D eigenvalue weighted by Gasteiger charge is 2.15. The Morgan fingerprint density at radius 1 is 0.395 bits per heavy atom. The molecule has 0 N–H and O–H groups in total. The van der Waals surface area contributed by atoms with Crippen LogP contribution in [0.5, 0.6) is 0 Å². The van der Waals surface area contributed by atoms with Gasteiger partial charge in [0.15, 0.2) is 5.82 Å². The van der Waals surface area contributed by atoms with Gasteiger partial charge in [0.25, 0.3) is 0 Å². The van der Waals surface area contributed by atoms with Crippen LogP contribution in [-0.2, 0) is 0 Å². The molecule has 4 heterocycles. The second-order valence-corrected chi connectivity index (χ2v) is 10.4. The summed E-state index contributed by atoms with van der Waals surface area (Å²) < 4.78 is 6.10. The van der Waals surface area contributed by atoms with E-state index in [-0.39, 0.29) is 0 Å². The lowest BCUT2D eigenvalue weighted by Gasteiger charge is -2.13. The van der Waals surface area contributed by atoms with Gasteiger partial charge in [-0.2, -0.15) is 0 Å². The highest BCUT2D eigenvalue weighted by atomic mass is 16.3. The third kappa shape index (κ3) is 4.73. The van der Waals surface area contributed by atoms with Crippen LogP contribution >= 0.6 is 0 Å². The van der Waals surface area contributed by atoms with Crippen LogP contribution in [0.2, 0.25) is 0 Å². The van der Waals surface area contributed by atoms with Crippen molar-refractivity contribution in [3.63, 3.8) is 0 Å². The van der Waals surface area contributed by atoms with Gasteiger partial charge in [-0.3, -0.25) is 9.97 Å². The number of para-hydroxylation sites is 1. The molecule has 5 heteroatoms. The summed E-state index contributed by atoms with van der Waals surface area (Å²) in [6, 6.07) is 41.2. The highest BCUT2D eigenvalue weighted by molar-refractivity contribution is 6.06. The van der Waals surface area contributed by atoms with Crippen LogP contribution in [-0.4, -0.2) is 19.9 Å². The Labute approximate surface area is 248 Å². The molecule has 0 aliphatic heterocycles. The Morgan fingerprint density at radius 2 is 1.00 bits per heavy atom. The van der Waals surface area contributed by atoms with Gasteiger partial charge in [0.1, 0.15) is 11.2 Å². The zero-order valence-electron chi connectivity index (χ0n) is 23.1. The van der Waals surface area contributed by atoms with Gasteiger partial charge in [-0.05, 0) is 71.8 Å². The Balaban J connectivity index is 1.35. The molecule has 0 atom stereocenters. The molecule has 4 aromatic carbocycles. The van der Waals surface area contributed by atoms with Gasteiger partial charge in [-0.15, -0.1) is 0 Å². The summed E-state index contributed by atoms with van der Waals surface area (Å²) in [5.41, 5.74) is 10.5. The Bertz CT molecular complexity index is 2170. The fourth-order valence-electron chi connectivity index (χ4n) is 5.52. The molecule has 4 aromatic heterocycles. The topological polar surface area (TPSA) is 64.7 Å². The zero-order chi connectivity index (χ0) is 28.6. The molecule has 0 aliphatic carbocycles. The van der Waals surface area contributed by atoms with Crippen molar-refractivity contribution in [1.82, 2.24) is 19.9 Å². The largest absolute Gasteiger partial charge is 0.456 e. The first kappa shape index (κ1) is 24.8. The maximum atomic E-state index is 6.10. The summed E-state index contributed by atoms with van der Waals surface area (Å²) in [7, 11) is 0. The fraction of sp³-hybridized carbons (Fsp3) is 0. The minimum Gasteiger partial charge on any atom is -0.456 e. The minimum absolute atomic E-state index is 0.667. The first-order valence-electron chi connectivity index (χ1n) is 14.1. The van der Waals surface area contributed by atoms with Gasteiger partial charge in [0.2, 0.25) is 0 Å². The van der Waals surface area contributed by atoms with Crippen LogP contribution in [0.15, 0.2) is 151 Å². The van der Waals surface area contributed by atoms with E-state index in [0.29, 0.717) is 5.82 Å². The predicted octanol–water partition coefficient (Wildman–Crippen LogP) is 9.50. The van der Waals surface area contributed by atoms with E-state index in [4.69, 9.17) is 14.4 Å². The summed E-state index contributed by atoms with van der Waals surface area (Å²) in [4.78, 5) is 18.9.